The summed E-state index contributed by atoms with van der Waals surface area (Å²) in [6, 6.07) is 12.6. The highest BCUT2D eigenvalue weighted by atomic mass is 32.2. The molecular formula is C30H40N2O6S. The van der Waals surface area contributed by atoms with E-state index >= 15 is 0 Å². The zero-order valence-corrected chi connectivity index (χ0v) is 24.8. The van der Waals surface area contributed by atoms with E-state index < -0.39 is 10.0 Å². The molecule has 0 radical (unpaired) electrons. The Bertz CT molecular complexity index is 1350. The topological polar surface area (TPSA) is 89.3 Å². The number of carbonyl (C=O) groups excluding carboxylic acids is 1. The molecule has 0 N–H and O–H groups in total. The van der Waals surface area contributed by atoms with Crippen LogP contribution in [-0.4, -0.2) is 56.9 Å². The molecule has 0 aliphatic carbocycles. The largest absolute Gasteiger partial charge is 0.493 e. The second-order valence-electron chi connectivity index (χ2n) is 9.87. The second-order valence-corrected chi connectivity index (χ2v) is 11.7. The van der Waals surface area contributed by atoms with Crippen LogP contribution in [0.5, 0.6) is 11.5 Å². The van der Waals surface area contributed by atoms with Gasteiger partial charge in [-0.15, -0.1) is 0 Å². The minimum atomic E-state index is -3.93. The van der Waals surface area contributed by atoms with Crippen LogP contribution >= 0.6 is 0 Å². The number of benzene rings is 2. The molecule has 8 nitrogen and oxygen atoms in total. The van der Waals surface area contributed by atoms with Crippen LogP contribution < -0.4 is 9.47 Å². The molecule has 1 amide bonds. The van der Waals surface area contributed by atoms with Gasteiger partial charge < -0.3 is 18.8 Å². The summed E-state index contributed by atoms with van der Waals surface area (Å²) < 4.78 is 45.6. The molecule has 2 aromatic carbocycles. The number of nitrogens with zero attached hydrogens (tertiary/aromatic N) is 2. The lowest BCUT2D eigenvalue weighted by molar-refractivity contribution is -0.132. The Morgan fingerprint density at radius 3 is 2.23 bits per heavy atom. The van der Waals surface area contributed by atoms with Gasteiger partial charge in [-0.3, -0.25) is 4.79 Å². The fourth-order valence-corrected chi connectivity index (χ4v) is 6.86. The van der Waals surface area contributed by atoms with Gasteiger partial charge in [-0.25, -0.2) is 8.42 Å². The molecule has 9 heteroatoms. The molecule has 0 aliphatic rings. The van der Waals surface area contributed by atoms with Crippen molar-refractivity contribution in [3.05, 3.63) is 76.7 Å². The van der Waals surface area contributed by atoms with Crippen molar-refractivity contribution in [1.82, 2.24) is 9.21 Å². The SMILES string of the molecule is CC[C@H](C)N(CC(=O)N(CCc1ccc(OC)c(OC)c1)Cc1ccco1)S(=O)(=O)c1c(C)cc(C)cc1C. The molecule has 0 fully saturated rings. The van der Waals surface area contributed by atoms with Crippen molar-refractivity contribution >= 4 is 15.9 Å². The number of hydrogen-bond acceptors (Lipinski definition) is 6. The van der Waals surface area contributed by atoms with Crippen LogP contribution in [0.1, 0.15) is 48.3 Å². The number of ether oxygens (including phenoxy) is 2. The van der Waals surface area contributed by atoms with Crippen molar-refractivity contribution in [2.45, 2.75) is 64.9 Å². The summed E-state index contributed by atoms with van der Waals surface area (Å²) in [7, 11) is -0.772. The molecule has 1 atom stereocenters. The van der Waals surface area contributed by atoms with Gasteiger partial charge in [-0.1, -0.05) is 30.7 Å². The molecule has 0 saturated heterocycles. The highest BCUT2D eigenvalue weighted by molar-refractivity contribution is 7.89. The van der Waals surface area contributed by atoms with E-state index in [1.807, 2.05) is 51.1 Å². The molecule has 0 bridgehead atoms. The highest BCUT2D eigenvalue weighted by Gasteiger charge is 2.34. The number of aryl methyl sites for hydroxylation is 3. The van der Waals surface area contributed by atoms with E-state index in [1.165, 1.54) is 4.31 Å². The van der Waals surface area contributed by atoms with Gasteiger partial charge in [0.05, 0.1) is 38.5 Å². The van der Waals surface area contributed by atoms with E-state index in [-0.39, 0.29) is 29.9 Å². The van der Waals surface area contributed by atoms with E-state index in [4.69, 9.17) is 13.9 Å². The van der Waals surface area contributed by atoms with E-state index in [1.54, 1.807) is 51.4 Å². The van der Waals surface area contributed by atoms with E-state index in [0.717, 1.165) is 11.1 Å². The Balaban J connectivity index is 1.90. The van der Waals surface area contributed by atoms with Gasteiger partial charge in [0.1, 0.15) is 5.76 Å². The molecule has 3 rings (SSSR count). The third-order valence-electron chi connectivity index (χ3n) is 6.94. The fourth-order valence-electron chi connectivity index (χ4n) is 4.79. The van der Waals surface area contributed by atoms with Gasteiger partial charge >= 0.3 is 0 Å². The van der Waals surface area contributed by atoms with Crippen LogP contribution in [-0.2, 0) is 27.8 Å². The van der Waals surface area contributed by atoms with Crippen molar-refractivity contribution in [3.63, 3.8) is 0 Å². The molecule has 3 aromatic rings. The minimum absolute atomic E-state index is 0.232. The van der Waals surface area contributed by atoms with Gasteiger partial charge in [0.2, 0.25) is 15.9 Å². The average Bonchev–Trinajstić information content (AvgIpc) is 3.41. The van der Waals surface area contributed by atoms with Crippen molar-refractivity contribution in [2.75, 3.05) is 27.3 Å². The molecule has 0 saturated carbocycles. The van der Waals surface area contributed by atoms with Gasteiger partial charge in [0.15, 0.2) is 11.5 Å². The Morgan fingerprint density at radius 1 is 1.00 bits per heavy atom. The highest BCUT2D eigenvalue weighted by Crippen LogP contribution is 2.29. The first-order chi connectivity index (χ1) is 18.5. The summed E-state index contributed by atoms with van der Waals surface area (Å²) in [5.41, 5.74) is 3.31. The Kier molecular flexibility index (Phi) is 10.2. The Labute approximate surface area is 232 Å². The summed E-state index contributed by atoms with van der Waals surface area (Å²) in [4.78, 5) is 15.7. The molecule has 1 heterocycles. The molecule has 212 valence electrons. The predicted molar refractivity (Wildman–Crippen MR) is 152 cm³/mol. The van der Waals surface area contributed by atoms with Gasteiger partial charge in [0.25, 0.3) is 0 Å². The first-order valence-electron chi connectivity index (χ1n) is 13.1. The quantitative estimate of drug-likeness (QED) is 0.285. The predicted octanol–water partition coefficient (Wildman–Crippen LogP) is 5.28. The summed E-state index contributed by atoms with van der Waals surface area (Å²) in [6.45, 7) is 9.64. The monoisotopic (exact) mass is 556 g/mol. The zero-order chi connectivity index (χ0) is 28.7. The third-order valence-corrected chi connectivity index (χ3v) is 9.21. The van der Waals surface area contributed by atoms with Crippen molar-refractivity contribution in [1.29, 1.82) is 0 Å². The summed E-state index contributed by atoms with van der Waals surface area (Å²) in [5.74, 6) is 1.56. The van der Waals surface area contributed by atoms with E-state index in [9.17, 15) is 13.2 Å². The first kappa shape index (κ1) is 30.2. The van der Waals surface area contributed by atoms with Gasteiger partial charge in [-0.2, -0.15) is 4.31 Å². The number of furan rings is 1. The van der Waals surface area contributed by atoms with Crippen molar-refractivity contribution < 1.29 is 27.1 Å². The number of methoxy groups -OCH3 is 2. The zero-order valence-electron chi connectivity index (χ0n) is 24.0. The standard InChI is InChI=1S/C30H40N2O6S/c1-8-24(5)32(39(34,35)30-22(3)16-21(2)17-23(30)4)20-29(33)31(19-26-10-9-15-38-26)14-13-25-11-12-27(36-6)28(18-25)37-7/h9-12,15-18,24H,8,13-14,19-20H2,1-7H3/t24-/m0/s1. The second kappa shape index (κ2) is 13.2. The lowest BCUT2D eigenvalue weighted by Gasteiger charge is -2.31. The number of amides is 1. The van der Waals surface area contributed by atoms with Crippen molar-refractivity contribution in [3.8, 4) is 11.5 Å². The maximum Gasteiger partial charge on any atom is 0.244 e. The van der Waals surface area contributed by atoms with E-state index in [2.05, 4.69) is 0 Å². The number of rotatable bonds is 13. The molecule has 39 heavy (non-hydrogen) atoms. The van der Waals surface area contributed by atoms with Crippen LogP contribution in [0.2, 0.25) is 0 Å². The summed E-state index contributed by atoms with van der Waals surface area (Å²) in [6.07, 6.45) is 2.67. The smallest absolute Gasteiger partial charge is 0.244 e. The van der Waals surface area contributed by atoms with Crippen molar-refractivity contribution in [2.24, 2.45) is 0 Å². The Morgan fingerprint density at radius 2 is 1.67 bits per heavy atom. The van der Waals surface area contributed by atoms with Gasteiger partial charge in [0, 0.05) is 12.6 Å². The maximum atomic E-state index is 14.0. The lowest BCUT2D eigenvalue weighted by Crippen LogP contribution is -2.47. The summed E-state index contributed by atoms with van der Waals surface area (Å²) in [5, 5.41) is 0. The van der Waals surface area contributed by atoms with E-state index in [0.29, 0.717) is 47.8 Å². The lowest BCUT2D eigenvalue weighted by atomic mass is 10.1. The average molecular weight is 557 g/mol. The minimum Gasteiger partial charge on any atom is -0.493 e. The molecule has 1 aromatic heterocycles. The van der Waals surface area contributed by atoms with Crippen LogP contribution in [0.25, 0.3) is 0 Å². The molecular weight excluding hydrogens is 516 g/mol. The number of hydrogen-bond donors (Lipinski definition) is 0. The van der Waals surface area contributed by atoms with Crippen LogP contribution in [0.4, 0.5) is 0 Å². The third kappa shape index (κ3) is 7.22. The molecule has 0 unspecified atom stereocenters. The first-order valence-corrected chi connectivity index (χ1v) is 14.6. The maximum absolute atomic E-state index is 14.0. The Hall–Kier alpha value is -3.30. The number of sulfonamides is 1. The normalized spacial score (nSPS) is 12.4. The number of carbonyl (C=O) groups is 1. The van der Waals surface area contributed by atoms with Crippen LogP contribution in [0.3, 0.4) is 0 Å². The fraction of sp³-hybridized carbons (Fsp3) is 0.433. The van der Waals surface area contributed by atoms with Crippen LogP contribution in [0.15, 0.2) is 58.0 Å². The molecule has 0 aliphatic heterocycles. The summed E-state index contributed by atoms with van der Waals surface area (Å²) >= 11 is 0. The van der Waals surface area contributed by atoms with Gasteiger partial charge in [-0.05, 0) is 81.5 Å². The van der Waals surface area contributed by atoms with Crippen LogP contribution in [0, 0.1) is 20.8 Å². The molecule has 0 spiro atoms.